The number of rotatable bonds is 3. The number of nitriles is 1. The van der Waals surface area contributed by atoms with E-state index in [9.17, 15) is 0 Å². The largest absolute Gasteiger partial charge is 0.493 e. The Morgan fingerprint density at radius 1 is 1.27 bits per heavy atom. The normalized spacial score (nSPS) is 11.7. The molecule has 2 N–H and O–H groups in total. The van der Waals surface area contributed by atoms with Crippen LogP contribution in [0.4, 0.5) is 0 Å². The van der Waals surface area contributed by atoms with Gasteiger partial charge < -0.3 is 15.2 Å². The van der Waals surface area contributed by atoms with Crippen molar-refractivity contribution in [2.75, 3.05) is 14.2 Å². The molecule has 0 amide bonds. The fourth-order valence-electron chi connectivity index (χ4n) is 1.40. The first kappa shape index (κ1) is 11.3. The average Bonchev–Trinajstić information content (AvgIpc) is 2.27. The summed E-state index contributed by atoms with van der Waals surface area (Å²) < 4.78 is 10.3. The number of benzene rings is 1. The first-order valence-corrected chi connectivity index (χ1v) is 4.51. The van der Waals surface area contributed by atoms with E-state index in [1.165, 1.54) is 0 Å². The third-order valence-electron chi connectivity index (χ3n) is 2.25. The minimum Gasteiger partial charge on any atom is -0.493 e. The van der Waals surface area contributed by atoms with Gasteiger partial charge in [0.05, 0.1) is 20.3 Å². The van der Waals surface area contributed by atoms with E-state index >= 15 is 0 Å². The Labute approximate surface area is 89.2 Å². The molecule has 1 atom stereocenters. The highest BCUT2D eigenvalue weighted by Crippen LogP contribution is 2.32. The molecule has 4 nitrogen and oxygen atoms in total. The molecule has 0 aliphatic carbocycles. The molecule has 4 heteroatoms. The van der Waals surface area contributed by atoms with Gasteiger partial charge in [-0.25, -0.2) is 0 Å². The molecule has 0 spiro atoms. The minimum absolute atomic E-state index is 0.587. The molecule has 0 fully saturated rings. The van der Waals surface area contributed by atoms with E-state index in [-0.39, 0.29) is 0 Å². The monoisotopic (exact) mass is 206 g/mol. The summed E-state index contributed by atoms with van der Waals surface area (Å²) in [6.07, 6.45) is 0. The lowest BCUT2D eigenvalue weighted by atomic mass is 10.0. The lowest BCUT2D eigenvalue weighted by Gasteiger charge is -2.13. The van der Waals surface area contributed by atoms with Gasteiger partial charge in [-0.15, -0.1) is 0 Å². The number of methoxy groups -OCH3 is 2. The fourth-order valence-corrected chi connectivity index (χ4v) is 1.40. The van der Waals surface area contributed by atoms with Crippen LogP contribution in [0.3, 0.4) is 0 Å². The standard InChI is InChI=1S/C11H14N2O2/c1-7-4-10(14-2)11(15-3)5-8(7)9(13)6-12/h4-5,9H,13H2,1-3H3. The summed E-state index contributed by atoms with van der Waals surface area (Å²) >= 11 is 0. The molecule has 0 saturated heterocycles. The van der Waals surface area contributed by atoms with Crippen molar-refractivity contribution in [3.63, 3.8) is 0 Å². The molecule has 0 aliphatic rings. The van der Waals surface area contributed by atoms with E-state index in [2.05, 4.69) is 0 Å². The lowest BCUT2D eigenvalue weighted by Crippen LogP contribution is -2.09. The fraction of sp³-hybridized carbons (Fsp3) is 0.364. The molecule has 0 radical (unpaired) electrons. The highest BCUT2D eigenvalue weighted by molar-refractivity contribution is 5.48. The highest BCUT2D eigenvalue weighted by Gasteiger charge is 2.13. The molecule has 1 aromatic rings. The summed E-state index contributed by atoms with van der Waals surface area (Å²) in [5, 5.41) is 8.76. The summed E-state index contributed by atoms with van der Waals surface area (Å²) in [6.45, 7) is 1.88. The van der Waals surface area contributed by atoms with E-state index in [1.54, 1.807) is 20.3 Å². The van der Waals surface area contributed by atoms with Gasteiger partial charge in [-0.2, -0.15) is 5.26 Å². The van der Waals surface area contributed by atoms with E-state index < -0.39 is 6.04 Å². The summed E-state index contributed by atoms with van der Waals surface area (Å²) in [5.41, 5.74) is 7.33. The molecule has 0 aromatic heterocycles. The Morgan fingerprint density at radius 2 is 1.80 bits per heavy atom. The van der Waals surface area contributed by atoms with Gasteiger partial charge in [0.25, 0.3) is 0 Å². The summed E-state index contributed by atoms with van der Waals surface area (Å²) in [4.78, 5) is 0. The molecule has 1 aromatic carbocycles. The van der Waals surface area contributed by atoms with Gasteiger partial charge in [-0.3, -0.25) is 0 Å². The van der Waals surface area contributed by atoms with Crippen molar-refractivity contribution < 1.29 is 9.47 Å². The lowest BCUT2D eigenvalue weighted by molar-refractivity contribution is 0.354. The molecule has 1 rings (SSSR count). The van der Waals surface area contributed by atoms with Gasteiger partial charge in [0.1, 0.15) is 6.04 Å². The molecular weight excluding hydrogens is 192 g/mol. The molecule has 0 aliphatic heterocycles. The van der Waals surface area contributed by atoms with Gasteiger partial charge >= 0.3 is 0 Å². The second-order valence-electron chi connectivity index (χ2n) is 3.17. The van der Waals surface area contributed by atoms with Crippen LogP contribution >= 0.6 is 0 Å². The maximum atomic E-state index is 8.76. The SMILES string of the molecule is COc1cc(C)c(C(N)C#N)cc1OC. The van der Waals surface area contributed by atoms with Crippen molar-refractivity contribution >= 4 is 0 Å². The number of hydrogen-bond acceptors (Lipinski definition) is 4. The topological polar surface area (TPSA) is 68.3 Å². The van der Waals surface area contributed by atoms with Gasteiger partial charge in [0, 0.05) is 0 Å². The number of ether oxygens (including phenoxy) is 2. The van der Waals surface area contributed by atoms with E-state index in [0.717, 1.165) is 11.1 Å². The zero-order valence-electron chi connectivity index (χ0n) is 9.07. The van der Waals surface area contributed by atoms with E-state index in [0.29, 0.717) is 11.5 Å². The summed E-state index contributed by atoms with van der Waals surface area (Å²) in [7, 11) is 3.12. The third-order valence-corrected chi connectivity index (χ3v) is 2.25. The molecule has 1 unspecified atom stereocenters. The smallest absolute Gasteiger partial charge is 0.161 e. The van der Waals surface area contributed by atoms with Crippen molar-refractivity contribution in [1.82, 2.24) is 0 Å². The predicted octanol–water partition coefficient (Wildman–Crippen LogP) is 1.54. The van der Waals surface area contributed by atoms with Crippen LogP contribution in [0.25, 0.3) is 0 Å². The van der Waals surface area contributed by atoms with Crippen LogP contribution in [0.1, 0.15) is 17.2 Å². The Morgan fingerprint density at radius 3 is 2.27 bits per heavy atom. The third kappa shape index (κ3) is 2.20. The number of aryl methyl sites for hydroxylation is 1. The maximum Gasteiger partial charge on any atom is 0.161 e. The number of nitrogens with zero attached hydrogens (tertiary/aromatic N) is 1. The van der Waals surface area contributed by atoms with E-state index in [1.807, 2.05) is 19.1 Å². The van der Waals surface area contributed by atoms with Crippen molar-refractivity contribution in [2.45, 2.75) is 13.0 Å². The minimum atomic E-state index is -0.634. The zero-order valence-corrected chi connectivity index (χ0v) is 9.07. The van der Waals surface area contributed by atoms with Crippen LogP contribution in [-0.4, -0.2) is 14.2 Å². The Balaban J connectivity index is 3.27. The van der Waals surface area contributed by atoms with E-state index in [4.69, 9.17) is 20.5 Å². The van der Waals surface area contributed by atoms with Crippen LogP contribution in [-0.2, 0) is 0 Å². The second kappa shape index (κ2) is 4.67. The molecule has 80 valence electrons. The molecule has 0 bridgehead atoms. The van der Waals surface area contributed by atoms with Crippen LogP contribution < -0.4 is 15.2 Å². The number of hydrogen-bond donors (Lipinski definition) is 1. The second-order valence-corrected chi connectivity index (χ2v) is 3.17. The number of nitrogens with two attached hydrogens (primary N) is 1. The van der Waals surface area contributed by atoms with Gasteiger partial charge in [0.2, 0.25) is 0 Å². The van der Waals surface area contributed by atoms with Crippen molar-refractivity contribution in [3.05, 3.63) is 23.3 Å². The van der Waals surface area contributed by atoms with Gasteiger partial charge in [0.15, 0.2) is 11.5 Å². The first-order valence-electron chi connectivity index (χ1n) is 4.51. The Kier molecular flexibility index (Phi) is 3.53. The molecule has 0 heterocycles. The molecular formula is C11H14N2O2. The van der Waals surface area contributed by atoms with Crippen LogP contribution in [0.15, 0.2) is 12.1 Å². The summed E-state index contributed by atoms with van der Waals surface area (Å²) in [5.74, 6) is 1.23. The quantitative estimate of drug-likeness (QED) is 0.814. The van der Waals surface area contributed by atoms with Crippen LogP contribution in [0.5, 0.6) is 11.5 Å². The van der Waals surface area contributed by atoms with Crippen molar-refractivity contribution in [2.24, 2.45) is 5.73 Å². The van der Waals surface area contributed by atoms with Crippen molar-refractivity contribution in [1.29, 1.82) is 5.26 Å². The molecule has 15 heavy (non-hydrogen) atoms. The van der Waals surface area contributed by atoms with Gasteiger partial charge in [-0.1, -0.05) is 0 Å². The Bertz CT molecular complexity index is 396. The zero-order chi connectivity index (χ0) is 11.4. The van der Waals surface area contributed by atoms with Crippen molar-refractivity contribution in [3.8, 4) is 17.6 Å². The van der Waals surface area contributed by atoms with Crippen LogP contribution in [0.2, 0.25) is 0 Å². The predicted molar refractivity (Wildman–Crippen MR) is 56.8 cm³/mol. The van der Waals surface area contributed by atoms with Crippen LogP contribution in [0, 0.1) is 18.3 Å². The highest BCUT2D eigenvalue weighted by atomic mass is 16.5. The van der Waals surface area contributed by atoms with Gasteiger partial charge in [-0.05, 0) is 30.2 Å². The molecule has 0 saturated carbocycles. The Hall–Kier alpha value is -1.73. The maximum absolute atomic E-state index is 8.76. The first-order chi connectivity index (χ1) is 7.13. The average molecular weight is 206 g/mol. The summed E-state index contributed by atoms with van der Waals surface area (Å²) in [6, 6.07) is 4.91.